The van der Waals surface area contributed by atoms with E-state index in [1.54, 1.807) is 26.8 Å². The van der Waals surface area contributed by atoms with Crippen LogP contribution in [-0.2, 0) is 14.3 Å². The summed E-state index contributed by atoms with van der Waals surface area (Å²) in [6.45, 7) is 10.1. The smallest absolute Gasteiger partial charge is 0.333 e. The van der Waals surface area contributed by atoms with Crippen LogP contribution in [0.25, 0.3) is 0 Å². The molecule has 7 rings (SSSR count). The summed E-state index contributed by atoms with van der Waals surface area (Å²) < 4.78 is 12.6. The highest BCUT2D eigenvalue weighted by Crippen LogP contribution is 2.78. The van der Waals surface area contributed by atoms with Gasteiger partial charge in [-0.15, -0.1) is 0 Å². The van der Waals surface area contributed by atoms with Gasteiger partial charge in [-0.3, -0.25) is 4.90 Å². The van der Waals surface area contributed by atoms with Crippen molar-refractivity contribution in [3.63, 3.8) is 0 Å². The number of aliphatic hydroxyl groups excluding tert-OH is 1. The fourth-order valence-electron chi connectivity index (χ4n) is 11.8. The first-order chi connectivity index (χ1) is 19.5. The van der Waals surface area contributed by atoms with Crippen molar-refractivity contribution in [1.82, 2.24) is 4.90 Å². The molecular weight excluding hydrogens is 542 g/mol. The maximum absolute atomic E-state index is 12.9. The number of carbonyl (C=O) groups is 1. The monoisotopic (exact) mass is 591 g/mol. The molecule has 0 radical (unpaired) electrons. The van der Waals surface area contributed by atoms with Gasteiger partial charge in [0.2, 0.25) is 5.79 Å². The van der Waals surface area contributed by atoms with E-state index in [2.05, 4.69) is 11.8 Å². The molecule has 7 fully saturated rings. The summed E-state index contributed by atoms with van der Waals surface area (Å²) in [6.07, 6.45) is 2.30. The zero-order valence-electron chi connectivity index (χ0n) is 25.5. The van der Waals surface area contributed by atoms with Gasteiger partial charge < -0.3 is 40.1 Å². The molecule has 0 aromatic rings. The van der Waals surface area contributed by atoms with Crippen molar-refractivity contribution in [3.05, 3.63) is 11.6 Å². The predicted octanol–water partition coefficient (Wildman–Crippen LogP) is 0.991. The SMILES string of the molecule is CC=C(C)C(=O)OC1CCC2(C)C3CCC4C2(C[C@@]2(O)C5CN6CC(C)CCC6[C@@](C)(O)[C@@]5(O)C(O)C[C@@]42O)OC13O. The lowest BCUT2D eigenvalue weighted by Crippen LogP contribution is -2.85. The summed E-state index contributed by atoms with van der Waals surface area (Å²) in [6, 6.07) is -0.387. The zero-order valence-corrected chi connectivity index (χ0v) is 25.5. The summed E-state index contributed by atoms with van der Waals surface area (Å²) in [4.78, 5) is 14.9. The van der Waals surface area contributed by atoms with Crippen molar-refractivity contribution in [3.8, 4) is 0 Å². The normalized spacial score (nSPS) is 60.3. The molecule has 236 valence electrons. The second kappa shape index (κ2) is 8.57. The lowest BCUT2D eigenvalue weighted by molar-refractivity contribution is -0.354. The minimum atomic E-state index is -2.06. The van der Waals surface area contributed by atoms with Gasteiger partial charge in [-0.05, 0) is 65.2 Å². The molecule has 10 heteroatoms. The molecule has 10 nitrogen and oxygen atoms in total. The molecule has 4 saturated carbocycles. The highest BCUT2D eigenvalue weighted by atomic mass is 16.7. The second-order valence-corrected chi connectivity index (χ2v) is 15.7. The van der Waals surface area contributed by atoms with E-state index in [-0.39, 0.29) is 25.4 Å². The van der Waals surface area contributed by atoms with E-state index in [0.717, 1.165) is 6.42 Å². The van der Waals surface area contributed by atoms with Crippen LogP contribution >= 0.6 is 0 Å². The zero-order chi connectivity index (χ0) is 30.5. The van der Waals surface area contributed by atoms with Crippen LogP contribution in [-0.4, -0.2) is 107 Å². The summed E-state index contributed by atoms with van der Waals surface area (Å²) in [5.74, 6) is -4.05. The summed E-state index contributed by atoms with van der Waals surface area (Å²) >= 11 is 0. The average molecular weight is 592 g/mol. The molecule has 3 saturated heterocycles. The Labute approximate surface area is 247 Å². The number of hydrogen-bond donors (Lipinski definition) is 6. The Bertz CT molecular complexity index is 1220. The van der Waals surface area contributed by atoms with Gasteiger partial charge >= 0.3 is 5.97 Å². The Hall–Kier alpha value is -1.11. The molecule has 3 aliphatic heterocycles. The van der Waals surface area contributed by atoms with Crippen LogP contribution < -0.4 is 0 Å². The van der Waals surface area contributed by atoms with E-state index >= 15 is 0 Å². The predicted molar refractivity (Wildman–Crippen MR) is 150 cm³/mol. The molecule has 0 aromatic heterocycles. The highest BCUT2D eigenvalue weighted by molar-refractivity contribution is 5.87. The van der Waals surface area contributed by atoms with E-state index in [1.807, 2.05) is 6.92 Å². The fraction of sp³-hybridized carbons (Fsp3) is 0.906. The van der Waals surface area contributed by atoms with Crippen LogP contribution in [0.15, 0.2) is 11.6 Å². The average Bonchev–Trinajstić information content (AvgIpc) is 3.09. The van der Waals surface area contributed by atoms with Crippen molar-refractivity contribution < 1.29 is 44.9 Å². The molecule has 10 unspecified atom stereocenters. The molecule has 7 aliphatic rings. The number of rotatable bonds is 2. The number of hydrogen-bond acceptors (Lipinski definition) is 10. The van der Waals surface area contributed by atoms with Crippen molar-refractivity contribution in [2.75, 3.05) is 13.1 Å². The maximum atomic E-state index is 12.9. The largest absolute Gasteiger partial charge is 0.453 e. The van der Waals surface area contributed by atoms with Gasteiger partial charge in [0.25, 0.3) is 0 Å². The van der Waals surface area contributed by atoms with Crippen LogP contribution in [0.3, 0.4) is 0 Å². The minimum Gasteiger partial charge on any atom is -0.453 e. The lowest BCUT2D eigenvalue weighted by Gasteiger charge is -2.68. The van der Waals surface area contributed by atoms with Crippen LogP contribution in [0.2, 0.25) is 0 Å². The van der Waals surface area contributed by atoms with E-state index in [4.69, 9.17) is 9.47 Å². The quantitative estimate of drug-likeness (QED) is 0.202. The molecule has 14 atom stereocenters. The number of piperidine rings is 2. The first-order valence-electron chi connectivity index (χ1n) is 16.0. The number of nitrogens with zero attached hydrogens (tertiary/aromatic N) is 1. The number of ether oxygens (including phenoxy) is 2. The number of fused-ring (bicyclic) bond motifs is 5. The van der Waals surface area contributed by atoms with E-state index < -0.39 is 75.1 Å². The van der Waals surface area contributed by atoms with Crippen molar-refractivity contribution in [1.29, 1.82) is 0 Å². The van der Waals surface area contributed by atoms with E-state index in [1.165, 1.54) is 0 Å². The topological polar surface area (TPSA) is 160 Å². The molecule has 3 heterocycles. The maximum Gasteiger partial charge on any atom is 0.333 e. The number of esters is 1. The third kappa shape index (κ3) is 3.07. The molecule has 6 N–H and O–H groups in total. The third-order valence-corrected chi connectivity index (χ3v) is 14.1. The molecule has 0 amide bonds. The van der Waals surface area contributed by atoms with Gasteiger partial charge in [0.1, 0.15) is 22.4 Å². The highest BCUT2D eigenvalue weighted by Gasteiger charge is 2.88. The van der Waals surface area contributed by atoms with Crippen LogP contribution in [0.5, 0.6) is 0 Å². The minimum absolute atomic E-state index is 0.0606. The van der Waals surface area contributed by atoms with Gasteiger partial charge in [0.05, 0.1) is 11.7 Å². The van der Waals surface area contributed by atoms with E-state index in [0.29, 0.717) is 50.1 Å². The van der Waals surface area contributed by atoms with Gasteiger partial charge in [-0.1, -0.05) is 19.9 Å². The van der Waals surface area contributed by atoms with Gasteiger partial charge in [0.15, 0.2) is 6.10 Å². The third-order valence-electron chi connectivity index (χ3n) is 14.1. The summed E-state index contributed by atoms with van der Waals surface area (Å²) in [7, 11) is 0. The Morgan fingerprint density at radius 2 is 1.64 bits per heavy atom. The summed E-state index contributed by atoms with van der Waals surface area (Å²) in [5, 5.41) is 73.9. The number of allylic oxidation sites excluding steroid dienone is 1. The van der Waals surface area contributed by atoms with E-state index in [9.17, 15) is 35.4 Å². The lowest BCUT2D eigenvalue weighted by atomic mass is 9.49. The van der Waals surface area contributed by atoms with Gasteiger partial charge in [0, 0.05) is 60.7 Å². The molecular formula is C32H49NO9. The van der Waals surface area contributed by atoms with Crippen molar-refractivity contribution in [2.45, 2.75) is 138 Å². The molecule has 0 aromatic carbocycles. The standard InChI is InChI=1S/C32H49NO9/c1-6-18(3)25(35)41-24-11-12-26(4)19-8-9-20-28(37)13-23(34)31(39)21(29(28,38)16-30(20,26)42-32(19,24)40)15-33-14-17(2)7-10-22(33)27(31,5)36/h6,17,19-24,34,36-40H,7-16H2,1-5H3/t17?,19?,20?,21?,22?,23?,24?,26?,27-,28-,29-,30?,31+,32?/m1/s1. The van der Waals surface area contributed by atoms with Crippen LogP contribution in [0, 0.1) is 29.1 Å². The first-order valence-corrected chi connectivity index (χ1v) is 16.0. The Kier molecular flexibility index (Phi) is 6.04. The second-order valence-electron chi connectivity index (χ2n) is 15.7. The first kappa shape index (κ1) is 29.6. The van der Waals surface area contributed by atoms with Gasteiger partial charge in [-0.25, -0.2) is 4.79 Å². The molecule has 1 spiro atoms. The fourth-order valence-corrected chi connectivity index (χ4v) is 11.8. The van der Waals surface area contributed by atoms with Crippen LogP contribution in [0.1, 0.15) is 86.0 Å². The molecule has 42 heavy (non-hydrogen) atoms. The van der Waals surface area contributed by atoms with Crippen molar-refractivity contribution >= 4 is 5.97 Å². The molecule has 4 bridgehead atoms. The Balaban J connectivity index is 1.32. The number of aliphatic hydroxyl groups is 6. The van der Waals surface area contributed by atoms with Crippen molar-refractivity contribution in [2.24, 2.45) is 29.1 Å². The van der Waals surface area contributed by atoms with Crippen LogP contribution in [0.4, 0.5) is 0 Å². The molecule has 4 aliphatic carbocycles. The summed E-state index contributed by atoms with van der Waals surface area (Å²) in [5.41, 5.74) is -8.96. The Morgan fingerprint density at radius 3 is 2.33 bits per heavy atom. The Morgan fingerprint density at radius 1 is 0.952 bits per heavy atom. The number of carbonyl (C=O) groups excluding carboxylic acids is 1. The van der Waals surface area contributed by atoms with Gasteiger partial charge in [-0.2, -0.15) is 0 Å².